The van der Waals surface area contributed by atoms with E-state index < -0.39 is 35.6 Å². The number of hydrogen-bond donors (Lipinski definition) is 2. The van der Waals surface area contributed by atoms with Crippen molar-refractivity contribution in [3.8, 4) is 6.07 Å². The molecule has 0 bridgehead atoms. The maximum absolute atomic E-state index is 13.5. The van der Waals surface area contributed by atoms with E-state index in [4.69, 9.17) is 4.74 Å². The molecule has 2 atom stereocenters. The molecule has 0 fully saturated rings. The number of carbonyl (C=O) groups excluding carboxylic acids is 3. The average Bonchev–Trinajstić information content (AvgIpc) is 2.79. The van der Waals surface area contributed by atoms with Crippen LogP contribution < -0.4 is 10.6 Å². The molecule has 0 aliphatic heterocycles. The number of ether oxygens (including phenoxy) is 1. The Balaban J connectivity index is 2.41. The van der Waals surface area contributed by atoms with Crippen LogP contribution in [0.25, 0.3) is 0 Å². The van der Waals surface area contributed by atoms with Gasteiger partial charge in [-0.25, -0.2) is 4.79 Å². The second-order valence-electron chi connectivity index (χ2n) is 9.29. The Morgan fingerprint density at radius 3 is 2.26 bits per heavy atom. The molecule has 2 unspecified atom stereocenters. The van der Waals surface area contributed by atoms with Crippen molar-refractivity contribution in [3.05, 3.63) is 65.2 Å². The number of nitriles is 1. The third-order valence-corrected chi connectivity index (χ3v) is 5.29. The molecular weight excluding hydrogens is 444 g/mol. The molecule has 2 aromatic rings. The molecule has 8 heteroatoms. The number of amides is 3. The number of aryl methyl sites for hydroxylation is 2. The molecule has 0 aromatic heterocycles. The third-order valence-electron chi connectivity index (χ3n) is 5.29. The maximum atomic E-state index is 13.5. The van der Waals surface area contributed by atoms with Crippen LogP contribution in [0.1, 0.15) is 57.4 Å². The first-order valence-corrected chi connectivity index (χ1v) is 11.6. The zero-order chi connectivity index (χ0) is 26.2. The Kier molecular flexibility index (Phi) is 9.41. The fourth-order valence-electron chi connectivity index (χ4n) is 3.49. The molecule has 0 saturated heterocycles. The largest absolute Gasteiger partial charge is 0.444 e. The van der Waals surface area contributed by atoms with Crippen LogP contribution in [0.3, 0.4) is 0 Å². The summed E-state index contributed by atoms with van der Waals surface area (Å²) in [5.74, 6) is -1.04. The topological polar surface area (TPSA) is 112 Å². The van der Waals surface area contributed by atoms with Gasteiger partial charge in [-0.3, -0.25) is 9.59 Å². The molecule has 0 spiro atoms. The summed E-state index contributed by atoms with van der Waals surface area (Å²) < 4.78 is 5.24. The van der Waals surface area contributed by atoms with Crippen LogP contribution in [-0.2, 0) is 20.7 Å². The lowest BCUT2D eigenvalue weighted by molar-refractivity contribution is -0.139. The molecule has 35 heavy (non-hydrogen) atoms. The lowest BCUT2D eigenvalue weighted by Gasteiger charge is -2.32. The van der Waals surface area contributed by atoms with Gasteiger partial charge in [0.1, 0.15) is 24.2 Å². The highest BCUT2D eigenvalue weighted by atomic mass is 16.6. The molecule has 8 nitrogen and oxygen atoms in total. The lowest BCUT2D eigenvalue weighted by atomic mass is 10.0. The van der Waals surface area contributed by atoms with Gasteiger partial charge in [0, 0.05) is 5.69 Å². The highest BCUT2D eigenvalue weighted by Crippen LogP contribution is 2.25. The Morgan fingerprint density at radius 2 is 1.71 bits per heavy atom. The summed E-state index contributed by atoms with van der Waals surface area (Å²) >= 11 is 0. The van der Waals surface area contributed by atoms with Crippen LogP contribution >= 0.6 is 0 Å². The number of hydrogen-bond acceptors (Lipinski definition) is 5. The van der Waals surface area contributed by atoms with Crippen molar-refractivity contribution in [3.63, 3.8) is 0 Å². The molecule has 3 amide bonds. The number of para-hydroxylation sites is 1. The second-order valence-corrected chi connectivity index (χ2v) is 9.29. The van der Waals surface area contributed by atoms with Crippen LogP contribution in [0, 0.1) is 18.3 Å². The Labute approximate surface area is 207 Å². The van der Waals surface area contributed by atoms with E-state index in [0.717, 1.165) is 17.5 Å². The summed E-state index contributed by atoms with van der Waals surface area (Å²) in [6.07, 6.45) is 0.0568. The van der Waals surface area contributed by atoms with Gasteiger partial charge in [-0.2, -0.15) is 5.26 Å². The second kappa shape index (κ2) is 12.0. The van der Waals surface area contributed by atoms with E-state index in [2.05, 4.69) is 10.6 Å². The fraction of sp³-hybridized carbons (Fsp3) is 0.407. The van der Waals surface area contributed by atoms with E-state index in [9.17, 15) is 19.6 Å². The quantitative estimate of drug-likeness (QED) is 0.543. The molecule has 2 aromatic carbocycles. The third kappa shape index (κ3) is 7.85. The first-order valence-electron chi connectivity index (χ1n) is 11.6. The van der Waals surface area contributed by atoms with E-state index in [-0.39, 0.29) is 6.54 Å². The summed E-state index contributed by atoms with van der Waals surface area (Å²) in [5.41, 5.74) is 2.36. The van der Waals surface area contributed by atoms with Crippen molar-refractivity contribution in [1.82, 2.24) is 10.2 Å². The summed E-state index contributed by atoms with van der Waals surface area (Å²) in [5, 5.41) is 14.9. The van der Waals surface area contributed by atoms with Crippen LogP contribution in [0.5, 0.6) is 0 Å². The van der Waals surface area contributed by atoms with E-state index in [1.54, 1.807) is 45.0 Å². The van der Waals surface area contributed by atoms with Crippen LogP contribution in [-0.4, -0.2) is 41.0 Å². The van der Waals surface area contributed by atoms with Crippen LogP contribution in [0.4, 0.5) is 10.5 Å². The zero-order valence-corrected chi connectivity index (χ0v) is 21.2. The monoisotopic (exact) mass is 478 g/mol. The number of alkyl carbamates (subject to hydrolysis) is 1. The van der Waals surface area contributed by atoms with Gasteiger partial charge in [-0.1, -0.05) is 49.4 Å². The minimum absolute atomic E-state index is 0.347. The van der Waals surface area contributed by atoms with Crippen molar-refractivity contribution in [2.45, 2.75) is 65.6 Å². The SMILES string of the molecule is CCc1ccc(C(C(=O)Nc2ccccc2C)N(CC#N)C(=O)C(C)NC(=O)OC(C)(C)C)cc1. The fourth-order valence-corrected chi connectivity index (χ4v) is 3.49. The minimum Gasteiger partial charge on any atom is -0.444 e. The average molecular weight is 479 g/mol. The summed E-state index contributed by atoms with van der Waals surface area (Å²) in [7, 11) is 0. The van der Waals surface area contributed by atoms with Crippen LogP contribution in [0.15, 0.2) is 48.5 Å². The van der Waals surface area contributed by atoms with E-state index in [1.807, 2.05) is 44.2 Å². The molecular formula is C27H34N4O4. The zero-order valence-electron chi connectivity index (χ0n) is 21.2. The number of rotatable bonds is 8. The Bertz CT molecular complexity index is 1080. The molecule has 0 radical (unpaired) electrons. The van der Waals surface area contributed by atoms with Gasteiger partial charge in [0.25, 0.3) is 5.91 Å². The van der Waals surface area contributed by atoms with Crippen molar-refractivity contribution >= 4 is 23.6 Å². The van der Waals surface area contributed by atoms with Gasteiger partial charge in [0.15, 0.2) is 0 Å². The highest BCUT2D eigenvalue weighted by Gasteiger charge is 2.35. The molecule has 2 N–H and O–H groups in total. The summed E-state index contributed by atoms with van der Waals surface area (Å²) in [6, 6.07) is 14.5. The number of nitrogens with zero attached hydrogens (tertiary/aromatic N) is 2. The van der Waals surface area contributed by atoms with Gasteiger partial charge < -0.3 is 20.3 Å². The smallest absolute Gasteiger partial charge is 0.408 e. The van der Waals surface area contributed by atoms with Gasteiger partial charge >= 0.3 is 6.09 Å². The van der Waals surface area contributed by atoms with Crippen molar-refractivity contribution in [2.75, 3.05) is 11.9 Å². The molecule has 186 valence electrons. The Hall–Kier alpha value is -3.86. The van der Waals surface area contributed by atoms with Gasteiger partial charge in [-0.15, -0.1) is 0 Å². The van der Waals surface area contributed by atoms with Crippen molar-refractivity contribution in [1.29, 1.82) is 5.26 Å². The number of benzene rings is 2. The van der Waals surface area contributed by atoms with Crippen LogP contribution in [0.2, 0.25) is 0 Å². The summed E-state index contributed by atoms with van der Waals surface area (Å²) in [4.78, 5) is 40.4. The highest BCUT2D eigenvalue weighted by molar-refractivity contribution is 5.99. The molecule has 0 heterocycles. The van der Waals surface area contributed by atoms with Gasteiger partial charge in [-0.05, 0) is 63.8 Å². The van der Waals surface area contributed by atoms with E-state index in [1.165, 1.54) is 11.8 Å². The predicted molar refractivity (Wildman–Crippen MR) is 135 cm³/mol. The number of carbonyl (C=O) groups is 3. The van der Waals surface area contributed by atoms with E-state index in [0.29, 0.717) is 11.3 Å². The maximum Gasteiger partial charge on any atom is 0.408 e. The summed E-state index contributed by atoms with van der Waals surface area (Å²) in [6.45, 7) is 10.2. The first-order chi connectivity index (χ1) is 16.5. The van der Waals surface area contributed by atoms with Crippen molar-refractivity contribution in [2.24, 2.45) is 0 Å². The first kappa shape index (κ1) is 27.4. The molecule has 0 saturated carbocycles. The lowest BCUT2D eigenvalue weighted by Crippen LogP contribution is -2.51. The number of nitrogens with one attached hydrogen (secondary N) is 2. The van der Waals surface area contributed by atoms with Gasteiger partial charge in [0.05, 0.1) is 6.07 Å². The molecule has 0 aliphatic rings. The van der Waals surface area contributed by atoms with Gasteiger partial charge in [0.2, 0.25) is 5.91 Å². The number of anilines is 1. The molecule has 2 rings (SSSR count). The van der Waals surface area contributed by atoms with E-state index >= 15 is 0 Å². The standard InChI is InChI=1S/C27H34N4O4/c1-7-20-12-14-21(15-13-20)23(24(32)30-22-11-9-8-10-18(22)2)31(17-16-28)25(33)19(3)29-26(34)35-27(4,5)6/h8-15,19,23H,7,17H2,1-6H3,(H,29,34)(H,30,32). The molecule has 0 aliphatic carbocycles. The Morgan fingerprint density at radius 1 is 1.09 bits per heavy atom. The van der Waals surface area contributed by atoms with Crippen molar-refractivity contribution < 1.29 is 19.1 Å². The minimum atomic E-state index is -1.09. The predicted octanol–water partition coefficient (Wildman–Crippen LogP) is 4.50. The normalized spacial score (nSPS) is 12.6.